The molecule has 0 bridgehead atoms. The zero-order valence-corrected chi connectivity index (χ0v) is 13.1. The highest BCUT2D eigenvalue weighted by Gasteiger charge is 2.25. The molecule has 1 aromatic rings. The van der Waals surface area contributed by atoms with E-state index in [2.05, 4.69) is 5.32 Å². The van der Waals surface area contributed by atoms with Crippen molar-refractivity contribution in [2.75, 3.05) is 18.8 Å². The van der Waals surface area contributed by atoms with Gasteiger partial charge in [-0.15, -0.1) is 0 Å². The lowest BCUT2D eigenvalue weighted by molar-refractivity contribution is -0.155. The number of carbonyl (C=O) groups is 3. The van der Waals surface area contributed by atoms with Gasteiger partial charge in [-0.2, -0.15) is 0 Å². The molecule has 0 aliphatic carbocycles. The third kappa shape index (κ3) is 4.77. The van der Waals surface area contributed by atoms with Crippen LogP contribution in [-0.2, 0) is 20.9 Å². The molecule has 1 aliphatic rings. The van der Waals surface area contributed by atoms with Crippen LogP contribution in [0.3, 0.4) is 0 Å². The van der Waals surface area contributed by atoms with Crippen molar-refractivity contribution in [3.63, 3.8) is 0 Å². The Labute approximate surface area is 133 Å². The molecular formula is C15H18N2O4S. The SMILES string of the molecule is C[C@H](OC(=O)CN1CCSC1=O)C(=O)NCc1ccccc1. The van der Waals surface area contributed by atoms with Crippen LogP contribution in [0.15, 0.2) is 30.3 Å². The third-order valence-electron chi connectivity index (χ3n) is 3.15. The van der Waals surface area contributed by atoms with Crippen LogP contribution in [0.5, 0.6) is 0 Å². The molecular weight excluding hydrogens is 304 g/mol. The van der Waals surface area contributed by atoms with E-state index >= 15 is 0 Å². The highest BCUT2D eigenvalue weighted by molar-refractivity contribution is 8.13. The van der Waals surface area contributed by atoms with Gasteiger partial charge in [-0.25, -0.2) is 0 Å². The van der Waals surface area contributed by atoms with Crippen molar-refractivity contribution in [3.05, 3.63) is 35.9 Å². The predicted octanol–water partition coefficient (Wildman–Crippen LogP) is 1.40. The Kier molecular flexibility index (Phi) is 5.83. The Bertz CT molecular complexity index is 550. The van der Waals surface area contributed by atoms with Crippen molar-refractivity contribution < 1.29 is 19.1 Å². The molecule has 1 N–H and O–H groups in total. The smallest absolute Gasteiger partial charge is 0.326 e. The lowest BCUT2D eigenvalue weighted by atomic mass is 10.2. The van der Waals surface area contributed by atoms with Gasteiger partial charge in [0, 0.05) is 18.8 Å². The van der Waals surface area contributed by atoms with E-state index in [1.54, 1.807) is 0 Å². The highest BCUT2D eigenvalue weighted by Crippen LogP contribution is 2.16. The van der Waals surface area contributed by atoms with Crippen molar-refractivity contribution in [2.24, 2.45) is 0 Å². The number of ether oxygens (including phenoxy) is 1. The van der Waals surface area contributed by atoms with Gasteiger partial charge in [0.15, 0.2) is 6.10 Å². The van der Waals surface area contributed by atoms with Gasteiger partial charge in [0.05, 0.1) is 0 Å². The Morgan fingerprint density at radius 2 is 2.09 bits per heavy atom. The second kappa shape index (κ2) is 7.84. The Hall–Kier alpha value is -2.02. The van der Waals surface area contributed by atoms with E-state index in [9.17, 15) is 14.4 Å². The Morgan fingerprint density at radius 3 is 2.73 bits per heavy atom. The van der Waals surface area contributed by atoms with E-state index in [1.807, 2.05) is 30.3 Å². The molecule has 22 heavy (non-hydrogen) atoms. The van der Waals surface area contributed by atoms with Gasteiger partial charge in [0.1, 0.15) is 6.54 Å². The summed E-state index contributed by atoms with van der Waals surface area (Å²) in [5, 5.41) is 2.58. The average molecular weight is 322 g/mol. The normalized spacial score (nSPS) is 15.5. The quantitative estimate of drug-likeness (QED) is 0.801. The molecule has 0 unspecified atom stereocenters. The molecule has 1 atom stereocenters. The monoisotopic (exact) mass is 322 g/mol. The molecule has 2 rings (SSSR count). The molecule has 0 spiro atoms. The van der Waals surface area contributed by atoms with Crippen LogP contribution < -0.4 is 5.32 Å². The maximum atomic E-state index is 11.9. The number of esters is 1. The van der Waals surface area contributed by atoms with Crippen LogP contribution in [0.1, 0.15) is 12.5 Å². The summed E-state index contributed by atoms with van der Waals surface area (Å²) in [5.41, 5.74) is 0.967. The number of thioether (sulfide) groups is 1. The fourth-order valence-electron chi connectivity index (χ4n) is 1.94. The van der Waals surface area contributed by atoms with E-state index < -0.39 is 12.1 Å². The maximum Gasteiger partial charge on any atom is 0.326 e. The summed E-state index contributed by atoms with van der Waals surface area (Å²) < 4.78 is 5.06. The molecule has 2 amide bonds. The molecule has 0 aromatic heterocycles. The highest BCUT2D eigenvalue weighted by atomic mass is 32.2. The van der Waals surface area contributed by atoms with Crippen molar-refractivity contribution in [1.82, 2.24) is 10.2 Å². The first-order valence-corrected chi connectivity index (χ1v) is 7.97. The number of amides is 2. The summed E-state index contributed by atoms with van der Waals surface area (Å²) in [7, 11) is 0. The first-order chi connectivity index (χ1) is 10.6. The van der Waals surface area contributed by atoms with Crippen LogP contribution in [0.2, 0.25) is 0 Å². The molecule has 1 aromatic carbocycles. The summed E-state index contributed by atoms with van der Waals surface area (Å²) in [6, 6.07) is 9.46. The topological polar surface area (TPSA) is 75.7 Å². The van der Waals surface area contributed by atoms with Gasteiger partial charge in [-0.05, 0) is 12.5 Å². The number of benzene rings is 1. The lowest BCUT2D eigenvalue weighted by Gasteiger charge is -2.17. The van der Waals surface area contributed by atoms with Gasteiger partial charge in [-0.1, -0.05) is 42.1 Å². The number of hydrogen-bond donors (Lipinski definition) is 1. The fourth-order valence-corrected chi connectivity index (χ4v) is 2.77. The van der Waals surface area contributed by atoms with Gasteiger partial charge in [0.2, 0.25) is 0 Å². The van der Waals surface area contributed by atoms with E-state index in [4.69, 9.17) is 4.74 Å². The van der Waals surface area contributed by atoms with Crippen LogP contribution in [-0.4, -0.2) is 47.0 Å². The lowest BCUT2D eigenvalue weighted by Crippen LogP contribution is -2.38. The van der Waals surface area contributed by atoms with Crippen LogP contribution in [0, 0.1) is 0 Å². The maximum absolute atomic E-state index is 11.9. The molecule has 1 aliphatic heterocycles. The molecule has 0 saturated carbocycles. The Balaban J connectivity index is 1.73. The van der Waals surface area contributed by atoms with E-state index in [-0.39, 0.29) is 17.7 Å². The van der Waals surface area contributed by atoms with Gasteiger partial charge < -0.3 is 15.0 Å². The minimum atomic E-state index is -0.887. The summed E-state index contributed by atoms with van der Waals surface area (Å²) in [5.74, 6) is -0.253. The summed E-state index contributed by atoms with van der Waals surface area (Å²) >= 11 is 1.18. The minimum absolute atomic E-state index is 0.109. The molecule has 1 heterocycles. The molecule has 1 saturated heterocycles. The summed E-state index contributed by atoms with van der Waals surface area (Å²) in [6.45, 7) is 2.32. The summed E-state index contributed by atoms with van der Waals surface area (Å²) in [4.78, 5) is 36.4. The van der Waals surface area contributed by atoms with Crippen molar-refractivity contribution in [3.8, 4) is 0 Å². The number of nitrogens with zero attached hydrogens (tertiary/aromatic N) is 1. The van der Waals surface area contributed by atoms with Gasteiger partial charge >= 0.3 is 5.97 Å². The molecule has 7 heteroatoms. The predicted molar refractivity (Wildman–Crippen MR) is 83.3 cm³/mol. The van der Waals surface area contributed by atoms with Crippen molar-refractivity contribution in [1.29, 1.82) is 0 Å². The zero-order chi connectivity index (χ0) is 15.9. The first kappa shape index (κ1) is 16.4. The summed E-state index contributed by atoms with van der Waals surface area (Å²) in [6.07, 6.45) is -0.887. The molecule has 1 fully saturated rings. The molecule has 118 valence electrons. The fraction of sp³-hybridized carbons (Fsp3) is 0.400. The number of rotatable bonds is 6. The Morgan fingerprint density at radius 1 is 1.36 bits per heavy atom. The standard InChI is InChI=1S/C15H18N2O4S/c1-11(14(19)16-9-12-5-3-2-4-6-12)21-13(18)10-17-7-8-22-15(17)20/h2-6,11H,7-10H2,1H3,(H,16,19)/t11-/m0/s1. The van der Waals surface area contributed by atoms with Crippen molar-refractivity contribution >= 4 is 28.9 Å². The average Bonchev–Trinajstić information content (AvgIpc) is 2.90. The van der Waals surface area contributed by atoms with E-state index in [1.165, 1.54) is 23.6 Å². The van der Waals surface area contributed by atoms with Gasteiger partial charge in [-0.3, -0.25) is 14.4 Å². The molecule has 0 radical (unpaired) electrons. The van der Waals surface area contributed by atoms with Crippen molar-refractivity contribution in [2.45, 2.75) is 19.6 Å². The first-order valence-electron chi connectivity index (χ1n) is 6.99. The van der Waals surface area contributed by atoms with Crippen LogP contribution >= 0.6 is 11.8 Å². The van der Waals surface area contributed by atoms with Gasteiger partial charge in [0.25, 0.3) is 11.1 Å². The zero-order valence-electron chi connectivity index (χ0n) is 12.3. The largest absolute Gasteiger partial charge is 0.451 e. The number of nitrogens with one attached hydrogen (secondary N) is 1. The third-order valence-corrected chi connectivity index (χ3v) is 4.04. The van der Waals surface area contributed by atoms with Crippen LogP contribution in [0.4, 0.5) is 4.79 Å². The second-order valence-electron chi connectivity index (χ2n) is 4.87. The second-order valence-corrected chi connectivity index (χ2v) is 5.92. The molecule has 6 nitrogen and oxygen atoms in total. The number of hydrogen-bond acceptors (Lipinski definition) is 5. The minimum Gasteiger partial charge on any atom is -0.451 e. The van der Waals surface area contributed by atoms with E-state index in [0.29, 0.717) is 18.8 Å². The van der Waals surface area contributed by atoms with Crippen LogP contribution in [0.25, 0.3) is 0 Å². The van der Waals surface area contributed by atoms with E-state index in [0.717, 1.165) is 5.56 Å². The number of carbonyl (C=O) groups excluding carboxylic acids is 3.